The molecule has 0 bridgehead atoms. The second kappa shape index (κ2) is 8.61. The number of nitrogens with zero attached hydrogens (tertiary/aromatic N) is 5. The average molecular weight is 472 g/mol. The fourth-order valence-electron chi connectivity index (χ4n) is 4.59. The predicted molar refractivity (Wildman–Crippen MR) is 140 cm³/mol. The minimum atomic E-state index is -0.126. The number of hydrogen-bond donors (Lipinski definition) is 2. The molecule has 4 heterocycles. The van der Waals surface area contributed by atoms with Crippen LogP contribution >= 0.6 is 0 Å². The maximum absolute atomic E-state index is 13.3. The van der Waals surface area contributed by atoms with Crippen LogP contribution in [0.1, 0.15) is 64.4 Å². The van der Waals surface area contributed by atoms with Gasteiger partial charge in [-0.15, -0.1) is 0 Å². The number of rotatable bonds is 4. The molecule has 0 aliphatic carbocycles. The van der Waals surface area contributed by atoms with Gasteiger partial charge in [-0.3, -0.25) is 4.79 Å². The maximum Gasteiger partial charge on any atom is 0.278 e. The van der Waals surface area contributed by atoms with Crippen molar-refractivity contribution in [2.45, 2.75) is 72.0 Å². The van der Waals surface area contributed by atoms with Crippen LogP contribution in [0.15, 0.2) is 47.4 Å². The summed E-state index contributed by atoms with van der Waals surface area (Å²) in [6.45, 7) is 13.4. The van der Waals surface area contributed by atoms with Crippen molar-refractivity contribution >= 4 is 22.7 Å². The molecule has 182 valence electrons. The first-order chi connectivity index (χ1) is 16.6. The van der Waals surface area contributed by atoms with E-state index in [1.54, 1.807) is 10.9 Å². The molecule has 35 heavy (non-hydrogen) atoms. The maximum atomic E-state index is 13.3. The third kappa shape index (κ3) is 4.34. The van der Waals surface area contributed by atoms with Gasteiger partial charge in [-0.25, -0.2) is 19.3 Å². The highest BCUT2D eigenvalue weighted by Gasteiger charge is 2.22. The van der Waals surface area contributed by atoms with Gasteiger partial charge in [0.05, 0.1) is 0 Å². The fraction of sp³-hybridized carbons (Fsp3) is 0.407. The number of benzene rings is 1. The summed E-state index contributed by atoms with van der Waals surface area (Å²) in [7, 11) is 0. The van der Waals surface area contributed by atoms with E-state index in [1.165, 1.54) is 11.1 Å². The normalized spacial score (nSPS) is 16.0. The molecule has 1 atom stereocenters. The van der Waals surface area contributed by atoms with Crippen molar-refractivity contribution in [2.75, 3.05) is 5.32 Å². The van der Waals surface area contributed by atoms with E-state index in [1.807, 2.05) is 36.7 Å². The Morgan fingerprint density at radius 1 is 1.11 bits per heavy atom. The number of aromatic nitrogens is 5. The third-order valence-electron chi connectivity index (χ3n) is 6.46. The van der Waals surface area contributed by atoms with Gasteiger partial charge >= 0.3 is 0 Å². The molecule has 4 aromatic rings. The number of nitrogens with one attached hydrogen (secondary N) is 2. The highest BCUT2D eigenvalue weighted by Crippen LogP contribution is 2.25. The Balaban J connectivity index is 1.60. The van der Waals surface area contributed by atoms with E-state index >= 15 is 0 Å². The van der Waals surface area contributed by atoms with E-state index in [4.69, 9.17) is 9.97 Å². The largest absolute Gasteiger partial charge is 0.324 e. The molecule has 8 heteroatoms. The van der Waals surface area contributed by atoms with E-state index in [2.05, 4.69) is 61.5 Å². The zero-order valence-corrected chi connectivity index (χ0v) is 21.3. The topological polar surface area (TPSA) is 89.7 Å². The van der Waals surface area contributed by atoms with Crippen LogP contribution in [0.4, 0.5) is 11.6 Å². The summed E-state index contributed by atoms with van der Waals surface area (Å²) >= 11 is 0. The predicted octanol–water partition coefficient (Wildman–Crippen LogP) is 4.63. The van der Waals surface area contributed by atoms with E-state index in [0.717, 1.165) is 24.3 Å². The fourth-order valence-corrected chi connectivity index (χ4v) is 4.59. The quantitative estimate of drug-likeness (QED) is 0.451. The summed E-state index contributed by atoms with van der Waals surface area (Å²) < 4.78 is 3.52. The highest BCUT2D eigenvalue weighted by molar-refractivity contribution is 5.77. The van der Waals surface area contributed by atoms with Gasteiger partial charge in [0.25, 0.3) is 5.56 Å². The molecule has 0 saturated heterocycles. The SMILES string of the molecule is CC1Cc2ccc(Nc3ncc4c(=O)n(C(C)C)n(-c5cccc(C(C)(C)C)n5)c4n3)cc2CN1. The first kappa shape index (κ1) is 23.2. The highest BCUT2D eigenvalue weighted by atomic mass is 16.1. The lowest BCUT2D eigenvalue weighted by molar-refractivity contribution is 0.469. The van der Waals surface area contributed by atoms with Crippen LogP contribution in [0.3, 0.4) is 0 Å². The van der Waals surface area contributed by atoms with E-state index in [0.29, 0.717) is 28.8 Å². The standard InChI is InChI=1S/C27H33N7O/c1-16(2)33-25(35)21-15-29-26(30-20-11-10-18-12-17(3)28-14-19(18)13-20)32-24(21)34(33)23-9-7-8-22(31-23)27(4,5)6/h7-11,13,15-17,28H,12,14H2,1-6H3,(H,29,30,32). The molecule has 5 rings (SSSR count). The lowest BCUT2D eigenvalue weighted by Crippen LogP contribution is -2.32. The molecule has 1 aromatic carbocycles. The molecular formula is C27H33N7O. The van der Waals surface area contributed by atoms with Gasteiger partial charge in [-0.1, -0.05) is 32.9 Å². The molecule has 1 unspecified atom stereocenters. The van der Waals surface area contributed by atoms with Crippen LogP contribution in [0.5, 0.6) is 0 Å². The van der Waals surface area contributed by atoms with Gasteiger partial charge in [-0.05, 0) is 62.6 Å². The van der Waals surface area contributed by atoms with Gasteiger partial charge in [0.2, 0.25) is 5.95 Å². The summed E-state index contributed by atoms with van der Waals surface area (Å²) in [4.78, 5) is 27.5. The van der Waals surface area contributed by atoms with Gasteiger partial charge in [0, 0.05) is 41.6 Å². The molecule has 0 fully saturated rings. The van der Waals surface area contributed by atoms with Crippen molar-refractivity contribution < 1.29 is 0 Å². The van der Waals surface area contributed by atoms with Crippen LogP contribution in [-0.2, 0) is 18.4 Å². The summed E-state index contributed by atoms with van der Waals surface area (Å²) in [5, 5.41) is 7.31. The number of fused-ring (bicyclic) bond motifs is 2. The summed E-state index contributed by atoms with van der Waals surface area (Å²) in [6, 6.07) is 12.7. The molecule has 2 N–H and O–H groups in total. The molecule has 0 saturated carbocycles. The number of anilines is 2. The van der Waals surface area contributed by atoms with Gasteiger partial charge in [-0.2, -0.15) is 4.98 Å². The van der Waals surface area contributed by atoms with E-state index in [9.17, 15) is 4.79 Å². The molecule has 1 aliphatic heterocycles. The monoisotopic (exact) mass is 471 g/mol. The van der Waals surface area contributed by atoms with E-state index < -0.39 is 0 Å². The first-order valence-electron chi connectivity index (χ1n) is 12.2. The molecule has 0 amide bonds. The Bertz CT molecular complexity index is 1460. The Hall–Kier alpha value is -3.52. The number of pyridine rings is 1. The van der Waals surface area contributed by atoms with Crippen molar-refractivity contribution in [3.63, 3.8) is 0 Å². The van der Waals surface area contributed by atoms with Crippen molar-refractivity contribution in [2.24, 2.45) is 0 Å². The minimum Gasteiger partial charge on any atom is -0.324 e. The summed E-state index contributed by atoms with van der Waals surface area (Å²) in [6.07, 6.45) is 2.63. The lowest BCUT2D eigenvalue weighted by Gasteiger charge is -2.23. The van der Waals surface area contributed by atoms with Crippen molar-refractivity contribution in [1.82, 2.24) is 29.6 Å². The van der Waals surface area contributed by atoms with Crippen LogP contribution in [0.2, 0.25) is 0 Å². The van der Waals surface area contributed by atoms with Crippen LogP contribution in [0, 0.1) is 0 Å². The Morgan fingerprint density at radius 2 is 1.91 bits per heavy atom. The second-order valence-electron chi connectivity index (χ2n) is 10.7. The smallest absolute Gasteiger partial charge is 0.278 e. The van der Waals surface area contributed by atoms with Crippen LogP contribution < -0.4 is 16.2 Å². The van der Waals surface area contributed by atoms with E-state index in [-0.39, 0.29) is 17.0 Å². The molecular weight excluding hydrogens is 438 g/mol. The average Bonchev–Trinajstić information content (AvgIpc) is 3.10. The molecule has 1 aliphatic rings. The minimum absolute atomic E-state index is 0.0799. The van der Waals surface area contributed by atoms with Gasteiger partial charge < -0.3 is 10.6 Å². The molecule has 8 nitrogen and oxygen atoms in total. The van der Waals surface area contributed by atoms with Crippen molar-refractivity contribution in [1.29, 1.82) is 0 Å². The lowest BCUT2D eigenvalue weighted by atomic mass is 9.92. The van der Waals surface area contributed by atoms with Gasteiger partial charge in [0.1, 0.15) is 5.39 Å². The summed E-state index contributed by atoms with van der Waals surface area (Å²) in [5.74, 6) is 1.10. The second-order valence-corrected chi connectivity index (χ2v) is 10.7. The van der Waals surface area contributed by atoms with Crippen LogP contribution in [-0.4, -0.2) is 30.4 Å². The van der Waals surface area contributed by atoms with Gasteiger partial charge in [0.15, 0.2) is 11.5 Å². The Morgan fingerprint density at radius 3 is 2.66 bits per heavy atom. The molecule has 0 radical (unpaired) electrons. The molecule has 0 spiro atoms. The van der Waals surface area contributed by atoms with Crippen molar-refractivity contribution in [3.05, 3.63) is 69.8 Å². The first-order valence-corrected chi connectivity index (χ1v) is 12.2. The third-order valence-corrected chi connectivity index (χ3v) is 6.46. The number of hydrogen-bond acceptors (Lipinski definition) is 6. The molecule has 3 aromatic heterocycles. The Kier molecular flexibility index (Phi) is 5.71. The van der Waals surface area contributed by atoms with Crippen LogP contribution in [0.25, 0.3) is 16.9 Å². The zero-order chi connectivity index (χ0) is 24.9. The summed E-state index contributed by atoms with van der Waals surface area (Å²) in [5.41, 5.74) is 4.80. The zero-order valence-electron chi connectivity index (χ0n) is 21.3. The Labute approximate surface area is 205 Å². The van der Waals surface area contributed by atoms with Crippen molar-refractivity contribution in [3.8, 4) is 5.82 Å².